The van der Waals surface area contributed by atoms with Gasteiger partial charge in [0.05, 0.1) is 13.0 Å². The monoisotopic (exact) mass is 374 g/mol. The molecule has 0 spiro atoms. The number of ether oxygens (including phenoxy) is 1. The summed E-state index contributed by atoms with van der Waals surface area (Å²) < 4.78 is 6.64. The number of hydrogen-bond acceptors (Lipinski definition) is 3. The minimum atomic E-state index is 0.152. The zero-order chi connectivity index (χ0) is 16.1. The number of carbonyl (C=O) groups excluding carboxylic acids is 1. The third kappa shape index (κ3) is 4.79. The Bertz CT molecular complexity index is 659. The predicted molar refractivity (Wildman–Crippen MR) is 92.1 cm³/mol. The Balaban J connectivity index is 1.52. The molecule has 0 bridgehead atoms. The fraction of sp³-hybridized carbons (Fsp3) is 0.333. The molecule has 3 rings (SSSR count). The molecule has 1 saturated carbocycles. The highest BCUT2D eigenvalue weighted by Gasteiger charge is 2.32. The molecular formula is C18H19BrN2O2. The van der Waals surface area contributed by atoms with E-state index >= 15 is 0 Å². The molecule has 4 nitrogen and oxygen atoms in total. The van der Waals surface area contributed by atoms with E-state index in [1.807, 2.05) is 41.3 Å². The van der Waals surface area contributed by atoms with Crippen LogP contribution in [0.25, 0.3) is 0 Å². The van der Waals surface area contributed by atoms with Crippen LogP contribution in [0.1, 0.15) is 24.8 Å². The number of rotatable bonds is 7. The quantitative estimate of drug-likeness (QED) is 0.739. The van der Waals surface area contributed by atoms with Crippen LogP contribution in [0.5, 0.6) is 5.75 Å². The van der Waals surface area contributed by atoms with Crippen molar-refractivity contribution >= 4 is 21.8 Å². The zero-order valence-corrected chi connectivity index (χ0v) is 14.4. The van der Waals surface area contributed by atoms with Gasteiger partial charge in [0, 0.05) is 29.5 Å². The molecule has 0 unspecified atom stereocenters. The van der Waals surface area contributed by atoms with Crippen molar-refractivity contribution in [2.45, 2.75) is 31.8 Å². The summed E-state index contributed by atoms with van der Waals surface area (Å²) in [4.78, 5) is 18.5. The first kappa shape index (κ1) is 16.0. The minimum Gasteiger partial charge on any atom is -0.493 e. The summed E-state index contributed by atoms with van der Waals surface area (Å²) >= 11 is 3.41. The molecule has 0 aliphatic heterocycles. The van der Waals surface area contributed by atoms with E-state index in [9.17, 15) is 4.79 Å². The molecule has 1 aromatic heterocycles. The van der Waals surface area contributed by atoms with Gasteiger partial charge in [0.25, 0.3) is 0 Å². The number of halogens is 1. The third-order valence-corrected chi connectivity index (χ3v) is 4.28. The van der Waals surface area contributed by atoms with Gasteiger partial charge >= 0.3 is 0 Å². The van der Waals surface area contributed by atoms with E-state index in [0.717, 1.165) is 28.6 Å². The average molecular weight is 375 g/mol. The van der Waals surface area contributed by atoms with E-state index in [0.29, 0.717) is 25.6 Å². The molecule has 1 fully saturated rings. The normalized spacial score (nSPS) is 13.6. The highest BCUT2D eigenvalue weighted by atomic mass is 79.9. The van der Waals surface area contributed by atoms with Crippen molar-refractivity contribution in [3.05, 3.63) is 58.8 Å². The van der Waals surface area contributed by atoms with Crippen molar-refractivity contribution < 1.29 is 9.53 Å². The van der Waals surface area contributed by atoms with Crippen LogP contribution in [-0.2, 0) is 11.3 Å². The molecule has 120 valence electrons. The largest absolute Gasteiger partial charge is 0.493 e. The van der Waals surface area contributed by atoms with Crippen LogP contribution in [-0.4, -0.2) is 28.4 Å². The lowest BCUT2D eigenvalue weighted by Gasteiger charge is -2.22. The van der Waals surface area contributed by atoms with Crippen molar-refractivity contribution in [3.8, 4) is 5.75 Å². The first-order valence-electron chi connectivity index (χ1n) is 7.79. The summed E-state index contributed by atoms with van der Waals surface area (Å²) in [6.07, 6.45) is 6.13. The van der Waals surface area contributed by atoms with Gasteiger partial charge in [-0.3, -0.25) is 9.78 Å². The number of pyridine rings is 1. The smallest absolute Gasteiger partial charge is 0.226 e. The van der Waals surface area contributed by atoms with Gasteiger partial charge in [0.1, 0.15) is 5.75 Å². The van der Waals surface area contributed by atoms with Gasteiger partial charge in [0.2, 0.25) is 5.91 Å². The summed E-state index contributed by atoms with van der Waals surface area (Å²) in [6, 6.07) is 12.0. The molecule has 23 heavy (non-hydrogen) atoms. The molecule has 0 radical (unpaired) electrons. The number of benzene rings is 1. The molecule has 1 amide bonds. The summed E-state index contributed by atoms with van der Waals surface area (Å²) in [5, 5.41) is 0. The summed E-state index contributed by atoms with van der Waals surface area (Å²) in [5.74, 6) is 0.929. The van der Waals surface area contributed by atoms with Crippen LogP contribution in [0.3, 0.4) is 0 Å². The molecule has 1 heterocycles. The maximum absolute atomic E-state index is 12.5. The molecule has 0 atom stereocenters. The molecular weight excluding hydrogens is 356 g/mol. The molecule has 0 N–H and O–H groups in total. The highest BCUT2D eigenvalue weighted by molar-refractivity contribution is 9.10. The lowest BCUT2D eigenvalue weighted by atomic mass is 10.2. The lowest BCUT2D eigenvalue weighted by molar-refractivity contribution is -0.132. The van der Waals surface area contributed by atoms with Crippen molar-refractivity contribution in [2.24, 2.45) is 0 Å². The van der Waals surface area contributed by atoms with Gasteiger partial charge in [-0.05, 0) is 48.7 Å². The average Bonchev–Trinajstić information content (AvgIpc) is 3.38. The summed E-state index contributed by atoms with van der Waals surface area (Å²) in [5.41, 5.74) is 1.12. The summed E-state index contributed by atoms with van der Waals surface area (Å²) in [7, 11) is 0. The molecule has 0 saturated heterocycles. The lowest BCUT2D eigenvalue weighted by Crippen LogP contribution is -2.33. The molecule has 5 heteroatoms. The minimum absolute atomic E-state index is 0.152. The number of amides is 1. The Morgan fingerprint density at radius 3 is 2.74 bits per heavy atom. The Morgan fingerprint density at radius 1 is 1.26 bits per heavy atom. The molecule has 2 aromatic rings. The van der Waals surface area contributed by atoms with E-state index in [-0.39, 0.29) is 5.91 Å². The van der Waals surface area contributed by atoms with Crippen LogP contribution in [0.2, 0.25) is 0 Å². The Labute approximate surface area is 144 Å². The highest BCUT2D eigenvalue weighted by Crippen LogP contribution is 2.29. The van der Waals surface area contributed by atoms with Gasteiger partial charge in [-0.15, -0.1) is 0 Å². The fourth-order valence-electron chi connectivity index (χ4n) is 2.45. The second kappa shape index (κ2) is 7.59. The SMILES string of the molecule is O=C(CCOc1cccc(Br)c1)N(Cc1ccncc1)C1CC1. The first-order valence-corrected chi connectivity index (χ1v) is 8.58. The van der Waals surface area contributed by atoms with Crippen LogP contribution < -0.4 is 4.74 Å². The zero-order valence-electron chi connectivity index (χ0n) is 12.8. The standard InChI is InChI=1S/C18H19BrN2O2/c19-15-2-1-3-17(12-15)23-11-8-18(22)21(16-4-5-16)13-14-6-9-20-10-7-14/h1-3,6-7,9-10,12,16H,4-5,8,11,13H2. The van der Waals surface area contributed by atoms with Gasteiger partial charge in [-0.25, -0.2) is 0 Å². The predicted octanol–water partition coefficient (Wildman–Crippen LogP) is 3.80. The number of hydrogen-bond donors (Lipinski definition) is 0. The van der Waals surface area contributed by atoms with E-state index in [4.69, 9.17) is 4.74 Å². The second-order valence-corrected chi connectivity index (χ2v) is 6.58. The van der Waals surface area contributed by atoms with Crippen molar-refractivity contribution in [1.29, 1.82) is 0 Å². The van der Waals surface area contributed by atoms with E-state index in [1.165, 1.54) is 0 Å². The maximum Gasteiger partial charge on any atom is 0.226 e. The Kier molecular flexibility index (Phi) is 5.28. The molecule has 1 aliphatic carbocycles. The number of nitrogens with zero attached hydrogens (tertiary/aromatic N) is 2. The summed E-state index contributed by atoms with van der Waals surface area (Å²) in [6.45, 7) is 1.05. The fourth-order valence-corrected chi connectivity index (χ4v) is 2.83. The Morgan fingerprint density at radius 2 is 2.04 bits per heavy atom. The van der Waals surface area contributed by atoms with Crippen LogP contribution >= 0.6 is 15.9 Å². The van der Waals surface area contributed by atoms with Gasteiger partial charge < -0.3 is 9.64 Å². The molecule has 1 aliphatic rings. The van der Waals surface area contributed by atoms with Gasteiger partial charge in [0.15, 0.2) is 0 Å². The van der Waals surface area contributed by atoms with Gasteiger partial charge in [-0.1, -0.05) is 22.0 Å². The van der Waals surface area contributed by atoms with Crippen LogP contribution in [0.4, 0.5) is 0 Å². The topological polar surface area (TPSA) is 42.4 Å². The van der Waals surface area contributed by atoms with E-state index < -0.39 is 0 Å². The van der Waals surface area contributed by atoms with Crippen molar-refractivity contribution in [3.63, 3.8) is 0 Å². The second-order valence-electron chi connectivity index (χ2n) is 5.66. The van der Waals surface area contributed by atoms with E-state index in [1.54, 1.807) is 12.4 Å². The van der Waals surface area contributed by atoms with E-state index in [2.05, 4.69) is 20.9 Å². The van der Waals surface area contributed by atoms with Crippen molar-refractivity contribution in [2.75, 3.05) is 6.61 Å². The third-order valence-electron chi connectivity index (χ3n) is 3.79. The van der Waals surface area contributed by atoms with Crippen LogP contribution in [0, 0.1) is 0 Å². The van der Waals surface area contributed by atoms with Crippen LogP contribution in [0.15, 0.2) is 53.3 Å². The van der Waals surface area contributed by atoms with Gasteiger partial charge in [-0.2, -0.15) is 0 Å². The number of carbonyl (C=O) groups is 1. The maximum atomic E-state index is 12.5. The Hall–Kier alpha value is -1.88. The van der Waals surface area contributed by atoms with Crippen molar-refractivity contribution in [1.82, 2.24) is 9.88 Å². The first-order chi connectivity index (χ1) is 11.2. The number of aromatic nitrogens is 1. The molecule has 1 aromatic carbocycles.